The van der Waals surface area contributed by atoms with Crippen LogP contribution in [0.3, 0.4) is 0 Å². The van der Waals surface area contributed by atoms with Gasteiger partial charge in [0.15, 0.2) is 18.1 Å². The minimum atomic E-state index is -5.43. The Bertz CT molecular complexity index is 1780. The van der Waals surface area contributed by atoms with Gasteiger partial charge in [0.05, 0.1) is 13.2 Å². The van der Waals surface area contributed by atoms with Gasteiger partial charge in [-0.05, 0) is 50.2 Å². The summed E-state index contributed by atoms with van der Waals surface area (Å²) in [5.41, 5.74) is 4.57. The quantitative estimate of drug-likeness (QED) is 0.0138. The molecule has 1 aliphatic rings. The number of allylic oxidation sites excluding steroid dienone is 4. The van der Waals surface area contributed by atoms with Crippen LogP contribution < -0.4 is 11.4 Å². The fraction of sp³-hybridized carbons (Fsp3) is 0.756. The van der Waals surface area contributed by atoms with E-state index in [-0.39, 0.29) is 24.4 Å². The molecule has 0 radical (unpaired) electrons. The standard InChI is InChI=1S/C45H77N3O16P2/c1-4-6-20-26-36(49)27-22-17-13-8-7-9-14-18-23-28-40(50)59-32-37(62-41(51)29-24-19-15-11-10-12-16-21-25-35(3)5-2)33-60-65(55,56)64-66(57,58)61-34-38-42(52)43(53)44(63-38)48-31-30-39(46)47-45(48)54/h13,17,22,27,30-31,35,37-38,42-44,52-53H,4-12,14-16,18-21,23-26,28-29,32-34H2,1-3H3,(H,55,56)(H,57,58)(H2,46,47,54)/b17-13-,27-22+/t35?,37-,38-,42-,43-,44-/m1/s1. The van der Waals surface area contributed by atoms with Crippen LogP contribution in [0, 0.1) is 5.92 Å². The summed E-state index contributed by atoms with van der Waals surface area (Å²) in [4.78, 5) is 73.5. The Labute approximate surface area is 390 Å². The molecule has 2 rings (SSSR count). The number of nitrogens with two attached hydrogens (primary N) is 1. The number of esters is 2. The minimum absolute atomic E-state index is 0.0335. The molecule has 378 valence electrons. The van der Waals surface area contributed by atoms with Crippen molar-refractivity contribution in [1.29, 1.82) is 0 Å². The summed E-state index contributed by atoms with van der Waals surface area (Å²) in [5, 5.41) is 20.9. The number of nitrogens with zero attached hydrogens (tertiary/aromatic N) is 2. The highest BCUT2D eigenvalue weighted by molar-refractivity contribution is 7.61. The van der Waals surface area contributed by atoms with Crippen molar-refractivity contribution in [3.8, 4) is 0 Å². The molecule has 1 aromatic rings. The van der Waals surface area contributed by atoms with Crippen LogP contribution >= 0.6 is 15.6 Å². The molecule has 19 nitrogen and oxygen atoms in total. The molecule has 0 aromatic carbocycles. The maximum atomic E-state index is 12.8. The second kappa shape index (κ2) is 33.4. The van der Waals surface area contributed by atoms with Crippen molar-refractivity contribution in [3.05, 3.63) is 47.1 Å². The van der Waals surface area contributed by atoms with Crippen molar-refractivity contribution in [2.75, 3.05) is 25.6 Å². The molecule has 0 amide bonds. The molecule has 3 unspecified atom stereocenters. The number of hydrogen-bond donors (Lipinski definition) is 5. The summed E-state index contributed by atoms with van der Waals surface area (Å²) in [6.07, 6.45) is 19.8. The monoisotopic (exact) mass is 977 g/mol. The average Bonchev–Trinajstić information content (AvgIpc) is 3.54. The van der Waals surface area contributed by atoms with E-state index in [0.717, 1.165) is 93.7 Å². The molecule has 1 aromatic heterocycles. The predicted molar refractivity (Wildman–Crippen MR) is 248 cm³/mol. The van der Waals surface area contributed by atoms with Crippen LogP contribution in [0.5, 0.6) is 0 Å². The van der Waals surface area contributed by atoms with Crippen LogP contribution in [-0.2, 0) is 51.1 Å². The molecule has 1 saturated heterocycles. The normalized spacial score (nSPS) is 20.3. The van der Waals surface area contributed by atoms with E-state index in [0.29, 0.717) is 19.3 Å². The third kappa shape index (κ3) is 26.5. The van der Waals surface area contributed by atoms with E-state index in [4.69, 9.17) is 29.0 Å². The maximum absolute atomic E-state index is 12.8. The number of unbranched alkanes of at least 4 members (excludes halogenated alkanes) is 14. The van der Waals surface area contributed by atoms with E-state index in [1.54, 1.807) is 12.2 Å². The Balaban J connectivity index is 1.84. The number of ether oxygens (including phenoxy) is 3. The van der Waals surface area contributed by atoms with Gasteiger partial charge in [0.2, 0.25) is 0 Å². The van der Waals surface area contributed by atoms with Gasteiger partial charge < -0.3 is 39.9 Å². The summed E-state index contributed by atoms with van der Waals surface area (Å²) in [7, 11) is -10.9. The van der Waals surface area contributed by atoms with Gasteiger partial charge in [0.25, 0.3) is 0 Å². The molecular formula is C45H77N3O16P2. The van der Waals surface area contributed by atoms with Gasteiger partial charge in [-0.2, -0.15) is 9.29 Å². The minimum Gasteiger partial charge on any atom is -0.462 e. The number of aromatic nitrogens is 2. The van der Waals surface area contributed by atoms with Crippen molar-refractivity contribution in [2.45, 2.75) is 193 Å². The van der Waals surface area contributed by atoms with Gasteiger partial charge in [-0.3, -0.25) is 28.0 Å². The first-order valence-corrected chi connectivity index (χ1v) is 26.7. The zero-order valence-electron chi connectivity index (χ0n) is 39.2. The van der Waals surface area contributed by atoms with Crippen molar-refractivity contribution in [3.63, 3.8) is 0 Å². The van der Waals surface area contributed by atoms with E-state index < -0.39 is 83.7 Å². The molecule has 21 heteroatoms. The lowest BCUT2D eigenvalue weighted by Crippen LogP contribution is -2.36. The second-order valence-corrected chi connectivity index (χ2v) is 19.9. The summed E-state index contributed by atoms with van der Waals surface area (Å²) < 4.78 is 56.6. The maximum Gasteiger partial charge on any atom is 0.481 e. The first-order valence-electron chi connectivity index (χ1n) is 23.7. The first-order chi connectivity index (χ1) is 31.5. The Morgan fingerprint density at radius 3 is 2.08 bits per heavy atom. The molecule has 1 fully saturated rings. The van der Waals surface area contributed by atoms with Gasteiger partial charge in [-0.15, -0.1) is 0 Å². The van der Waals surface area contributed by atoms with Crippen LogP contribution in [0.4, 0.5) is 5.82 Å². The molecule has 6 N–H and O–H groups in total. The fourth-order valence-electron chi connectivity index (χ4n) is 6.92. The van der Waals surface area contributed by atoms with E-state index >= 15 is 0 Å². The highest BCUT2D eigenvalue weighted by atomic mass is 31.3. The largest absolute Gasteiger partial charge is 0.481 e. The SMILES string of the molecule is CCCCCC(=O)/C=C/C=C\CCCCCCCC(=O)OC[C@H](COP(=O)(O)OP(=O)(O)OC[C@H]1O[C@@H](n2ccc(N)nc2=O)[C@H](O)[C@@H]1O)OC(=O)CCCCCCCCCCC(C)CC. The molecular weight excluding hydrogens is 900 g/mol. The zero-order chi connectivity index (χ0) is 48.8. The van der Waals surface area contributed by atoms with Crippen molar-refractivity contribution in [2.24, 2.45) is 5.92 Å². The van der Waals surface area contributed by atoms with E-state index in [2.05, 4.69) is 30.1 Å². The summed E-state index contributed by atoms with van der Waals surface area (Å²) >= 11 is 0. The molecule has 1 aliphatic heterocycles. The predicted octanol–water partition coefficient (Wildman–Crippen LogP) is 8.09. The molecule has 8 atom stereocenters. The number of carbonyl (C=O) groups excluding carboxylic acids is 3. The number of carbonyl (C=O) groups is 3. The number of phosphoric ester groups is 2. The highest BCUT2D eigenvalue weighted by Gasteiger charge is 2.46. The van der Waals surface area contributed by atoms with Crippen LogP contribution in [0.2, 0.25) is 0 Å². The number of phosphoric acid groups is 2. The van der Waals surface area contributed by atoms with Crippen molar-refractivity contribution in [1.82, 2.24) is 9.55 Å². The van der Waals surface area contributed by atoms with Crippen LogP contribution in [0.15, 0.2) is 41.4 Å². The summed E-state index contributed by atoms with van der Waals surface area (Å²) in [5.74, 6) is -0.473. The van der Waals surface area contributed by atoms with Gasteiger partial charge in [0, 0.05) is 25.5 Å². The van der Waals surface area contributed by atoms with Gasteiger partial charge in [-0.25, -0.2) is 13.9 Å². The van der Waals surface area contributed by atoms with Gasteiger partial charge in [0.1, 0.15) is 30.7 Å². The van der Waals surface area contributed by atoms with Crippen molar-refractivity contribution < 1.29 is 71.1 Å². The molecule has 0 spiro atoms. The third-order valence-corrected chi connectivity index (χ3v) is 13.7. The fourth-order valence-corrected chi connectivity index (χ4v) is 9.03. The molecule has 0 bridgehead atoms. The Hall–Kier alpha value is -3.09. The number of rotatable bonds is 38. The van der Waals surface area contributed by atoms with E-state index in [1.165, 1.54) is 38.2 Å². The molecule has 2 heterocycles. The number of ketones is 1. The molecule has 0 saturated carbocycles. The summed E-state index contributed by atoms with van der Waals surface area (Å²) in [6, 6.07) is 1.24. The molecule has 66 heavy (non-hydrogen) atoms. The van der Waals surface area contributed by atoms with Crippen molar-refractivity contribution >= 4 is 39.2 Å². The second-order valence-electron chi connectivity index (χ2n) is 16.9. The average molecular weight is 978 g/mol. The van der Waals surface area contributed by atoms with Gasteiger partial charge in [-0.1, -0.05) is 129 Å². The van der Waals surface area contributed by atoms with Gasteiger partial charge >= 0.3 is 33.3 Å². The van der Waals surface area contributed by atoms with Crippen LogP contribution in [-0.4, -0.2) is 91.5 Å². The smallest absolute Gasteiger partial charge is 0.462 e. The zero-order valence-corrected chi connectivity index (χ0v) is 40.9. The Morgan fingerprint density at radius 2 is 1.42 bits per heavy atom. The van der Waals surface area contributed by atoms with Crippen LogP contribution in [0.1, 0.15) is 168 Å². The number of nitrogen functional groups attached to an aromatic ring is 1. The molecule has 0 aliphatic carbocycles. The topological polar surface area (TPSA) is 283 Å². The van der Waals surface area contributed by atoms with E-state index in [9.17, 15) is 48.3 Å². The Kier molecular flexibility index (Phi) is 29.9. The number of aliphatic hydroxyl groups is 2. The third-order valence-electron chi connectivity index (χ3n) is 11.1. The number of hydrogen-bond acceptors (Lipinski definition) is 16. The van der Waals surface area contributed by atoms with Crippen LogP contribution in [0.25, 0.3) is 0 Å². The number of anilines is 1. The van der Waals surface area contributed by atoms with E-state index in [1.807, 2.05) is 12.2 Å². The Morgan fingerprint density at radius 1 is 0.818 bits per heavy atom. The lowest BCUT2D eigenvalue weighted by Gasteiger charge is -2.21. The number of aliphatic hydroxyl groups excluding tert-OH is 2. The first kappa shape index (κ1) is 59.0. The summed E-state index contributed by atoms with van der Waals surface area (Å²) in [6.45, 7) is 4.22. The lowest BCUT2D eigenvalue weighted by molar-refractivity contribution is -0.161. The lowest BCUT2D eigenvalue weighted by atomic mass is 9.99. The highest BCUT2D eigenvalue weighted by Crippen LogP contribution is 2.60.